The summed E-state index contributed by atoms with van der Waals surface area (Å²) in [4.78, 5) is 4.44. The van der Waals surface area contributed by atoms with E-state index in [0.717, 1.165) is 16.3 Å². The van der Waals surface area contributed by atoms with Gasteiger partial charge in [-0.05, 0) is 40.1 Å². The Balaban J connectivity index is 2.13. The van der Waals surface area contributed by atoms with E-state index in [1.165, 1.54) is 0 Å². The van der Waals surface area contributed by atoms with Crippen molar-refractivity contribution < 1.29 is 14.8 Å². The third-order valence-corrected chi connectivity index (χ3v) is 4.76. The fraction of sp³-hybridized carbons (Fsp3) is 0.438. The topological polar surface area (TPSA) is 62.6 Å². The van der Waals surface area contributed by atoms with Crippen molar-refractivity contribution in [1.29, 1.82) is 0 Å². The second kappa shape index (κ2) is 6.12. The lowest BCUT2D eigenvalue weighted by molar-refractivity contribution is -0.0982. The predicted molar refractivity (Wildman–Crippen MR) is 91.4 cm³/mol. The molecular formula is C16H22BNO3S. The van der Waals surface area contributed by atoms with Gasteiger partial charge in [0.25, 0.3) is 0 Å². The van der Waals surface area contributed by atoms with E-state index >= 15 is 0 Å². The van der Waals surface area contributed by atoms with E-state index in [4.69, 9.17) is 4.65 Å². The Bertz CT molecular complexity index is 632. The van der Waals surface area contributed by atoms with Crippen molar-refractivity contribution in [3.05, 3.63) is 34.7 Å². The number of aliphatic hydroxyl groups is 1. The molecule has 1 heterocycles. The van der Waals surface area contributed by atoms with Gasteiger partial charge in [0, 0.05) is 10.9 Å². The van der Waals surface area contributed by atoms with Crippen molar-refractivity contribution in [2.45, 2.75) is 45.8 Å². The number of hydrogen-bond acceptors (Lipinski definition) is 5. The first-order chi connectivity index (χ1) is 10.1. The minimum Gasteiger partial charge on any atom is -0.423 e. The zero-order valence-electron chi connectivity index (χ0n) is 13.6. The maximum absolute atomic E-state index is 10.2. The van der Waals surface area contributed by atoms with Crippen LogP contribution in [0.1, 0.15) is 32.7 Å². The second-order valence-electron chi connectivity index (χ2n) is 6.41. The van der Waals surface area contributed by atoms with Gasteiger partial charge < -0.3 is 14.8 Å². The summed E-state index contributed by atoms with van der Waals surface area (Å²) < 4.78 is 5.63. The molecule has 4 nitrogen and oxygen atoms in total. The molecule has 2 aromatic rings. The molecule has 0 saturated carbocycles. The summed E-state index contributed by atoms with van der Waals surface area (Å²) >= 11 is 1.61. The van der Waals surface area contributed by atoms with Crippen LogP contribution >= 0.6 is 11.3 Å². The van der Waals surface area contributed by atoms with Crippen LogP contribution in [0.5, 0.6) is 0 Å². The number of thiazole rings is 1. The first kappa shape index (κ1) is 17.2. The first-order valence-corrected chi connectivity index (χ1v) is 8.09. The van der Waals surface area contributed by atoms with E-state index in [1.807, 2.05) is 36.6 Å². The van der Waals surface area contributed by atoms with E-state index in [9.17, 15) is 10.1 Å². The molecule has 0 aliphatic rings. The molecule has 0 amide bonds. The molecule has 0 fully saturated rings. The summed E-state index contributed by atoms with van der Waals surface area (Å²) in [6, 6.07) is 7.45. The minimum absolute atomic E-state index is 0.646. The molecule has 0 radical (unpaired) electrons. The maximum Gasteiger partial charge on any atom is 0.491 e. The molecule has 0 bridgehead atoms. The Morgan fingerprint density at radius 3 is 2.18 bits per heavy atom. The van der Waals surface area contributed by atoms with E-state index in [-0.39, 0.29) is 0 Å². The van der Waals surface area contributed by atoms with Crippen LogP contribution in [0.15, 0.2) is 29.6 Å². The molecule has 0 spiro atoms. The molecule has 0 saturated heterocycles. The van der Waals surface area contributed by atoms with Gasteiger partial charge in [-0.2, -0.15) is 0 Å². The fourth-order valence-corrected chi connectivity index (χ4v) is 2.43. The van der Waals surface area contributed by atoms with Crippen molar-refractivity contribution in [1.82, 2.24) is 4.98 Å². The summed E-state index contributed by atoms with van der Waals surface area (Å²) in [6.07, 6.45) is 0. The Kier molecular flexibility index (Phi) is 4.77. The average molecular weight is 319 g/mol. The van der Waals surface area contributed by atoms with Gasteiger partial charge in [0.15, 0.2) is 0 Å². The minimum atomic E-state index is -1.09. The number of aryl methyl sites for hydroxylation is 1. The number of rotatable bonds is 5. The van der Waals surface area contributed by atoms with Crippen LogP contribution in [0.4, 0.5) is 0 Å². The monoisotopic (exact) mass is 319 g/mol. The van der Waals surface area contributed by atoms with Gasteiger partial charge in [-0.25, -0.2) is 4.98 Å². The predicted octanol–water partition coefficient (Wildman–Crippen LogP) is 2.37. The lowest BCUT2D eigenvalue weighted by Gasteiger charge is -2.38. The van der Waals surface area contributed by atoms with Gasteiger partial charge >= 0.3 is 7.12 Å². The standard InChI is InChI=1S/C16H22BNO3S/c1-11-18-14(10-22-11)12-6-8-13(9-7-12)17(20)21-16(4,5)15(2,3)19/h6-10,19-20H,1-5H3. The van der Waals surface area contributed by atoms with Crippen LogP contribution < -0.4 is 5.46 Å². The van der Waals surface area contributed by atoms with Gasteiger partial charge in [-0.15, -0.1) is 11.3 Å². The van der Waals surface area contributed by atoms with Crippen molar-refractivity contribution in [3.63, 3.8) is 0 Å². The largest absolute Gasteiger partial charge is 0.491 e. The highest BCUT2D eigenvalue weighted by Crippen LogP contribution is 2.25. The smallest absolute Gasteiger partial charge is 0.423 e. The Morgan fingerprint density at radius 1 is 1.14 bits per heavy atom. The second-order valence-corrected chi connectivity index (χ2v) is 7.48. The molecule has 6 heteroatoms. The third kappa shape index (κ3) is 3.76. The maximum atomic E-state index is 10.2. The molecule has 2 N–H and O–H groups in total. The Morgan fingerprint density at radius 2 is 1.73 bits per heavy atom. The molecule has 0 unspecified atom stereocenters. The molecule has 1 aromatic heterocycles. The lowest BCUT2D eigenvalue weighted by atomic mass is 9.76. The SMILES string of the molecule is Cc1nc(-c2ccc(B(O)OC(C)(C)C(C)(C)O)cc2)cs1. The Labute approximate surface area is 135 Å². The normalized spacial score (nSPS) is 12.5. The first-order valence-electron chi connectivity index (χ1n) is 7.21. The number of nitrogens with zero attached hydrogens (tertiary/aromatic N) is 1. The van der Waals surface area contributed by atoms with Crippen LogP contribution in [-0.2, 0) is 4.65 Å². The van der Waals surface area contributed by atoms with E-state index < -0.39 is 18.3 Å². The van der Waals surface area contributed by atoms with Crippen LogP contribution in [0.25, 0.3) is 11.3 Å². The number of benzene rings is 1. The Hall–Kier alpha value is -1.21. The van der Waals surface area contributed by atoms with Crippen LogP contribution in [-0.4, -0.2) is 33.4 Å². The van der Waals surface area contributed by atoms with Crippen molar-refractivity contribution in [3.8, 4) is 11.3 Å². The zero-order valence-corrected chi connectivity index (χ0v) is 14.4. The number of aromatic nitrogens is 1. The molecule has 2 rings (SSSR count). The molecule has 0 atom stereocenters. The van der Waals surface area contributed by atoms with Crippen LogP contribution in [0, 0.1) is 6.92 Å². The van der Waals surface area contributed by atoms with Crippen molar-refractivity contribution in [2.24, 2.45) is 0 Å². The highest BCUT2D eigenvalue weighted by molar-refractivity contribution is 7.09. The third-order valence-electron chi connectivity index (χ3n) is 3.99. The van der Waals surface area contributed by atoms with Crippen molar-refractivity contribution >= 4 is 23.9 Å². The quantitative estimate of drug-likeness (QED) is 0.831. The lowest BCUT2D eigenvalue weighted by Crippen LogP contribution is -2.53. The molecule has 0 aliphatic heterocycles. The van der Waals surface area contributed by atoms with Crippen molar-refractivity contribution in [2.75, 3.05) is 0 Å². The van der Waals surface area contributed by atoms with Crippen LogP contribution in [0.2, 0.25) is 0 Å². The zero-order chi connectivity index (χ0) is 16.5. The summed E-state index contributed by atoms with van der Waals surface area (Å²) in [7, 11) is -1.09. The summed E-state index contributed by atoms with van der Waals surface area (Å²) in [5.41, 5.74) is 0.639. The van der Waals surface area contributed by atoms with Gasteiger partial charge in [0.2, 0.25) is 0 Å². The van der Waals surface area contributed by atoms with E-state index in [1.54, 1.807) is 39.0 Å². The summed E-state index contributed by atoms with van der Waals surface area (Å²) in [5.74, 6) is 0. The molecule has 118 valence electrons. The molecule has 0 aliphatic carbocycles. The molecule has 22 heavy (non-hydrogen) atoms. The fourth-order valence-electron chi connectivity index (χ4n) is 1.81. The highest BCUT2D eigenvalue weighted by Gasteiger charge is 2.39. The average Bonchev–Trinajstić information content (AvgIpc) is 2.84. The molecular weight excluding hydrogens is 297 g/mol. The van der Waals surface area contributed by atoms with Crippen LogP contribution in [0.3, 0.4) is 0 Å². The summed E-state index contributed by atoms with van der Waals surface area (Å²) in [5, 5.41) is 23.4. The molecule has 1 aromatic carbocycles. The van der Waals surface area contributed by atoms with E-state index in [2.05, 4.69) is 4.98 Å². The van der Waals surface area contributed by atoms with E-state index in [0.29, 0.717) is 5.46 Å². The van der Waals surface area contributed by atoms with Gasteiger partial charge in [-0.3, -0.25) is 0 Å². The van der Waals surface area contributed by atoms with Gasteiger partial charge in [0.1, 0.15) is 0 Å². The highest BCUT2D eigenvalue weighted by atomic mass is 32.1. The van der Waals surface area contributed by atoms with Gasteiger partial charge in [-0.1, -0.05) is 24.3 Å². The number of hydrogen-bond donors (Lipinski definition) is 2. The van der Waals surface area contributed by atoms with Gasteiger partial charge in [0.05, 0.1) is 21.9 Å². The summed E-state index contributed by atoms with van der Waals surface area (Å²) in [6.45, 7) is 8.80.